The number of hydrogen-bond donors (Lipinski definition) is 6. The molecule has 0 aromatic heterocycles. The first kappa shape index (κ1) is 21.3. The summed E-state index contributed by atoms with van der Waals surface area (Å²) in [4.78, 5) is 11.6. The summed E-state index contributed by atoms with van der Waals surface area (Å²) in [5.41, 5.74) is 16.6. The number of hydrogen-bond acceptors (Lipinski definition) is 6. The van der Waals surface area contributed by atoms with Gasteiger partial charge in [-0.25, -0.2) is 0 Å². The Morgan fingerprint density at radius 1 is 0.773 bits per heavy atom. The lowest BCUT2D eigenvalue weighted by atomic mass is 10.1. The van der Waals surface area contributed by atoms with Crippen LogP contribution in [0.2, 0.25) is 0 Å². The summed E-state index contributed by atoms with van der Waals surface area (Å²) in [6.07, 6.45) is 5.73. The van der Waals surface area contributed by atoms with Gasteiger partial charge in [0.05, 0.1) is 6.04 Å². The SMILES string of the molecule is NCCCNCCCCNCCCNC(=O)[C@@H](N)CCCN. The maximum atomic E-state index is 11.6. The van der Waals surface area contributed by atoms with E-state index in [1.165, 1.54) is 6.42 Å². The largest absolute Gasteiger partial charge is 0.355 e. The molecule has 132 valence electrons. The molecule has 0 aromatic rings. The Morgan fingerprint density at radius 2 is 1.32 bits per heavy atom. The number of rotatable bonds is 16. The van der Waals surface area contributed by atoms with Crippen LogP contribution in [0.3, 0.4) is 0 Å². The molecular formula is C15H36N6O. The van der Waals surface area contributed by atoms with Gasteiger partial charge in [0.15, 0.2) is 0 Å². The zero-order valence-corrected chi connectivity index (χ0v) is 13.9. The van der Waals surface area contributed by atoms with Crippen molar-refractivity contribution in [2.45, 2.75) is 44.6 Å². The molecule has 0 fully saturated rings. The van der Waals surface area contributed by atoms with Gasteiger partial charge in [-0.15, -0.1) is 0 Å². The highest BCUT2D eigenvalue weighted by Crippen LogP contribution is 1.92. The van der Waals surface area contributed by atoms with Crippen molar-refractivity contribution in [3.8, 4) is 0 Å². The first-order chi connectivity index (χ1) is 10.7. The van der Waals surface area contributed by atoms with Gasteiger partial charge < -0.3 is 33.2 Å². The van der Waals surface area contributed by atoms with Crippen LogP contribution in [0.5, 0.6) is 0 Å². The van der Waals surface area contributed by atoms with Crippen LogP contribution in [0.25, 0.3) is 0 Å². The molecule has 0 aliphatic carbocycles. The summed E-state index contributed by atoms with van der Waals surface area (Å²) in [7, 11) is 0. The van der Waals surface area contributed by atoms with E-state index < -0.39 is 6.04 Å². The second-order valence-corrected chi connectivity index (χ2v) is 5.53. The Hall–Kier alpha value is -0.730. The third-order valence-electron chi connectivity index (χ3n) is 3.40. The summed E-state index contributed by atoms with van der Waals surface area (Å²) in [5, 5.41) is 9.60. The Kier molecular flexibility index (Phi) is 16.1. The van der Waals surface area contributed by atoms with Gasteiger partial charge in [0, 0.05) is 6.54 Å². The highest BCUT2D eigenvalue weighted by Gasteiger charge is 2.11. The minimum Gasteiger partial charge on any atom is -0.355 e. The maximum absolute atomic E-state index is 11.6. The number of carbonyl (C=O) groups is 1. The molecule has 0 aromatic carbocycles. The standard InChI is InChI=1S/C15H36N6O/c16-7-3-6-14(18)15(22)21-13-5-12-20-10-2-1-9-19-11-4-8-17/h14,19-20H,1-13,16-18H2,(H,21,22)/t14-/m0/s1. The molecule has 0 unspecified atom stereocenters. The predicted octanol–water partition coefficient (Wildman–Crippen LogP) is -1.13. The monoisotopic (exact) mass is 316 g/mol. The molecule has 0 aliphatic heterocycles. The molecule has 0 spiro atoms. The maximum Gasteiger partial charge on any atom is 0.236 e. The molecule has 0 heterocycles. The van der Waals surface area contributed by atoms with Gasteiger partial charge in [-0.3, -0.25) is 4.79 Å². The molecule has 0 saturated carbocycles. The van der Waals surface area contributed by atoms with Crippen LogP contribution in [-0.2, 0) is 4.79 Å². The van der Waals surface area contributed by atoms with Crippen LogP contribution in [0, 0.1) is 0 Å². The van der Waals surface area contributed by atoms with Crippen molar-refractivity contribution < 1.29 is 4.79 Å². The van der Waals surface area contributed by atoms with Gasteiger partial charge in [-0.2, -0.15) is 0 Å². The molecular weight excluding hydrogens is 280 g/mol. The van der Waals surface area contributed by atoms with E-state index in [0.29, 0.717) is 19.5 Å². The molecule has 9 N–H and O–H groups in total. The van der Waals surface area contributed by atoms with E-state index in [1.54, 1.807) is 0 Å². The van der Waals surface area contributed by atoms with E-state index in [9.17, 15) is 4.79 Å². The van der Waals surface area contributed by atoms with Crippen molar-refractivity contribution in [3.05, 3.63) is 0 Å². The van der Waals surface area contributed by atoms with Gasteiger partial charge in [0.1, 0.15) is 0 Å². The quantitative estimate of drug-likeness (QED) is 0.200. The summed E-state index contributed by atoms with van der Waals surface area (Å²) >= 11 is 0. The zero-order valence-electron chi connectivity index (χ0n) is 13.9. The van der Waals surface area contributed by atoms with Crippen LogP contribution in [-0.4, -0.2) is 57.8 Å². The number of amides is 1. The van der Waals surface area contributed by atoms with Crippen LogP contribution in [0.1, 0.15) is 38.5 Å². The van der Waals surface area contributed by atoms with Crippen molar-refractivity contribution in [1.29, 1.82) is 0 Å². The zero-order chi connectivity index (χ0) is 16.5. The summed E-state index contributed by atoms with van der Waals surface area (Å²) in [6, 6.07) is -0.428. The van der Waals surface area contributed by atoms with E-state index in [0.717, 1.165) is 58.4 Å². The summed E-state index contributed by atoms with van der Waals surface area (Å²) < 4.78 is 0. The topological polar surface area (TPSA) is 131 Å². The Labute approximate surface area is 135 Å². The molecule has 7 heteroatoms. The van der Waals surface area contributed by atoms with E-state index >= 15 is 0 Å². The van der Waals surface area contributed by atoms with Crippen LogP contribution in [0.15, 0.2) is 0 Å². The normalized spacial score (nSPS) is 12.3. The third-order valence-corrected chi connectivity index (χ3v) is 3.40. The lowest BCUT2D eigenvalue weighted by molar-refractivity contribution is -0.122. The lowest BCUT2D eigenvalue weighted by Gasteiger charge is -2.11. The molecule has 0 bridgehead atoms. The molecule has 22 heavy (non-hydrogen) atoms. The van der Waals surface area contributed by atoms with Gasteiger partial charge >= 0.3 is 0 Å². The van der Waals surface area contributed by atoms with Crippen molar-refractivity contribution >= 4 is 5.91 Å². The molecule has 7 nitrogen and oxygen atoms in total. The van der Waals surface area contributed by atoms with E-state index in [4.69, 9.17) is 17.2 Å². The number of unbranched alkanes of at least 4 members (excludes halogenated alkanes) is 1. The summed E-state index contributed by atoms with van der Waals surface area (Å²) in [5.74, 6) is -0.0722. The second-order valence-electron chi connectivity index (χ2n) is 5.53. The molecule has 0 saturated heterocycles. The molecule has 1 amide bonds. The molecule has 0 radical (unpaired) electrons. The Morgan fingerprint density at radius 3 is 1.91 bits per heavy atom. The number of nitrogens with two attached hydrogens (primary N) is 3. The fourth-order valence-corrected chi connectivity index (χ4v) is 2.00. The molecule has 0 aliphatic rings. The average Bonchev–Trinajstić information content (AvgIpc) is 2.53. The van der Waals surface area contributed by atoms with Gasteiger partial charge in [0.25, 0.3) is 0 Å². The van der Waals surface area contributed by atoms with E-state index in [2.05, 4.69) is 16.0 Å². The predicted molar refractivity (Wildman–Crippen MR) is 92.5 cm³/mol. The van der Waals surface area contributed by atoms with Crippen LogP contribution >= 0.6 is 0 Å². The Bertz CT molecular complexity index is 252. The van der Waals surface area contributed by atoms with Crippen molar-refractivity contribution in [1.82, 2.24) is 16.0 Å². The first-order valence-corrected chi connectivity index (χ1v) is 8.57. The Balaban J connectivity index is 3.21. The van der Waals surface area contributed by atoms with Crippen LogP contribution in [0.4, 0.5) is 0 Å². The molecule has 0 rings (SSSR count). The fourth-order valence-electron chi connectivity index (χ4n) is 2.00. The third kappa shape index (κ3) is 14.2. The fraction of sp³-hybridized carbons (Fsp3) is 0.933. The highest BCUT2D eigenvalue weighted by atomic mass is 16.2. The summed E-state index contributed by atoms with van der Waals surface area (Å²) in [6.45, 7) is 6.00. The lowest BCUT2D eigenvalue weighted by Crippen LogP contribution is -2.41. The van der Waals surface area contributed by atoms with Crippen molar-refractivity contribution in [2.75, 3.05) is 45.8 Å². The second kappa shape index (κ2) is 16.6. The van der Waals surface area contributed by atoms with Crippen molar-refractivity contribution in [3.63, 3.8) is 0 Å². The minimum atomic E-state index is -0.428. The van der Waals surface area contributed by atoms with Gasteiger partial charge in [0.2, 0.25) is 5.91 Å². The first-order valence-electron chi connectivity index (χ1n) is 8.57. The average molecular weight is 316 g/mol. The van der Waals surface area contributed by atoms with Gasteiger partial charge in [-0.05, 0) is 77.8 Å². The smallest absolute Gasteiger partial charge is 0.236 e. The molecule has 1 atom stereocenters. The number of carbonyl (C=O) groups excluding carboxylic acids is 1. The highest BCUT2D eigenvalue weighted by molar-refractivity contribution is 5.81. The minimum absolute atomic E-state index is 0.0722. The number of nitrogens with one attached hydrogen (secondary N) is 3. The van der Waals surface area contributed by atoms with E-state index in [1.807, 2.05) is 0 Å². The van der Waals surface area contributed by atoms with Crippen molar-refractivity contribution in [2.24, 2.45) is 17.2 Å². The van der Waals surface area contributed by atoms with E-state index in [-0.39, 0.29) is 5.91 Å². The van der Waals surface area contributed by atoms with Gasteiger partial charge in [-0.1, -0.05) is 0 Å². The van der Waals surface area contributed by atoms with Crippen LogP contribution < -0.4 is 33.2 Å².